The summed E-state index contributed by atoms with van der Waals surface area (Å²) in [6.45, 7) is 7.19. The van der Waals surface area contributed by atoms with Crippen LogP contribution in [-0.2, 0) is 6.42 Å². The van der Waals surface area contributed by atoms with Crippen molar-refractivity contribution in [2.45, 2.75) is 103 Å². The van der Waals surface area contributed by atoms with Gasteiger partial charge in [0.2, 0.25) is 5.71 Å². The van der Waals surface area contributed by atoms with Gasteiger partial charge in [0.05, 0.1) is 18.3 Å². The molecule has 0 amide bonds. The highest BCUT2D eigenvalue weighted by molar-refractivity contribution is 5.67. The van der Waals surface area contributed by atoms with Gasteiger partial charge in [-0.15, -0.1) is 0 Å². The molecule has 36 heavy (non-hydrogen) atoms. The maximum Gasteiger partial charge on any atom is 0.246 e. The van der Waals surface area contributed by atoms with E-state index in [4.69, 9.17) is 4.42 Å². The number of aliphatic hydroxyl groups excluding tert-OH is 3. The molecule has 0 saturated heterocycles. The van der Waals surface area contributed by atoms with Gasteiger partial charge in [0.1, 0.15) is 5.52 Å². The van der Waals surface area contributed by atoms with Crippen LogP contribution < -0.4 is 0 Å². The first-order valence-corrected chi connectivity index (χ1v) is 14.4. The van der Waals surface area contributed by atoms with Crippen LogP contribution >= 0.6 is 0 Å². The van der Waals surface area contributed by atoms with E-state index in [2.05, 4.69) is 30.7 Å². The number of aliphatic hydroxyl groups is 3. The summed E-state index contributed by atoms with van der Waals surface area (Å²) >= 11 is 0. The third kappa shape index (κ3) is 2.90. The van der Waals surface area contributed by atoms with Crippen LogP contribution in [0.3, 0.4) is 0 Å². The van der Waals surface area contributed by atoms with E-state index < -0.39 is 0 Å². The number of nitrogens with zero attached hydrogens (tertiary/aromatic N) is 2. The quantitative estimate of drug-likeness (QED) is 0.561. The van der Waals surface area contributed by atoms with Crippen molar-refractivity contribution in [3.05, 3.63) is 24.2 Å². The molecule has 2 heterocycles. The van der Waals surface area contributed by atoms with Gasteiger partial charge in [0, 0.05) is 18.0 Å². The van der Waals surface area contributed by atoms with Crippen molar-refractivity contribution in [3.63, 3.8) is 0 Å². The molecular formula is C30H42N2O4. The molecule has 7 rings (SSSR count). The molecule has 6 nitrogen and oxygen atoms in total. The Labute approximate surface area is 213 Å². The molecule has 5 aliphatic rings. The fraction of sp³-hybridized carbons (Fsp3) is 0.800. The summed E-state index contributed by atoms with van der Waals surface area (Å²) in [7, 11) is 0. The Morgan fingerprint density at radius 3 is 2.67 bits per heavy atom. The minimum absolute atomic E-state index is 0.120. The second kappa shape index (κ2) is 7.54. The van der Waals surface area contributed by atoms with Gasteiger partial charge in [-0.05, 0) is 110 Å². The topological polar surface area (TPSA) is 99.6 Å². The summed E-state index contributed by atoms with van der Waals surface area (Å²) in [5.41, 5.74) is 1.66. The third-order valence-corrected chi connectivity index (χ3v) is 12.9. The monoisotopic (exact) mass is 494 g/mol. The zero-order valence-corrected chi connectivity index (χ0v) is 22.0. The van der Waals surface area contributed by atoms with E-state index in [1.807, 2.05) is 12.1 Å². The van der Waals surface area contributed by atoms with Crippen LogP contribution in [0, 0.1) is 45.3 Å². The van der Waals surface area contributed by atoms with Gasteiger partial charge < -0.3 is 19.7 Å². The highest BCUT2D eigenvalue weighted by atomic mass is 16.4. The van der Waals surface area contributed by atoms with Gasteiger partial charge in [-0.25, -0.2) is 9.97 Å². The molecule has 11 atom stereocenters. The smallest absolute Gasteiger partial charge is 0.246 e. The third-order valence-electron chi connectivity index (χ3n) is 12.9. The number of pyridine rings is 1. The van der Waals surface area contributed by atoms with Crippen molar-refractivity contribution >= 4 is 11.2 Å². The molecule has 1 unspecified atom stereocenters. The summed E-state index contributed by atoms with van der Waals surface area (Å²) in [6.07, 6.45) is 10.3. The average Bonchev–Trinajstić information content (AvgIpc) is 3.11. The molecule has 2 aromatic rings. The Hall–Kier alpha value is -1.50. The van der Waals surface area contributed by atoms with E-state index in [0.29, 0.717) is 23.5 Å². The molecule has 6 heteroatoms. The number of aromatic nitrogens is 2. The highest BCUT2D eigenvalue weighted by Gasteiger charge is 2.79. The maximum atomic E-state index is 11.9. The van der Waals surface area contributed by atoms with Crippen LogP contribution in [-0.4, -0.2) is 43.6 Å². The van der Waals surface area contributed by atoms with Crippen molar-refractivity contribution in [3.8, 4) is 0 Å². The van der Waals surface area contributed by atoms with Crippen LogP contribution in [0.15, 0.2) is 22.7 Å². The highest BCUT2D eigenvalue weighted by Crippen LogP contribution is 2.84. The van der Waals surface area contributed by atoms with E-state index in [1.54, 1.807) is 6.20 Å². The lowest BCUT2D eigenvalue weighted by Gasteiger charge is -2.63. The number of fused-ring (bicyclic) bond motifs is 7. The zero-order chi connectivity index (χ0) is 25.1. The Kier molecular flexibility index (Phi) is 4.94. The maximum absolute atomic E-state index is 11.9. The van der Waals surface area contributed by atoms with Crippen LogP contribution in [0.5, 0.6) is 0 Å². The first kappa shape index (κ1) is 23.6. The van der Waals surface area contributed by atoms with Crippen LogP contribution in [0.25, 0.3) is 11.2 Å². The zero-order valence-electron chi connectivity index (χ0n) is 22.0. The Bertz CT molecular complexity index is 1150. The van der Waals surface area contributed by atoms with Crippen molar-refractivity contribution < 1.29 is 19.7 Å². The first-order valence-electron chi connectivity index (χ1n) is 14.4. The number of oxazole rings is 1. The van der Waals surface area contributed by atoms with Crippen molar-refractivity contribution in [2.24, 2.45) is 45.3 Å². The molecule has 0 aromatic carbocycles. The second-order valence-electron chi connectivity index (χ2n) is 14.1. The minimum Gasteiger partial charge on any atom is -0.422 e. The molecule has 0 bridgehead atoms. The van der Waals surface area contributed by atoms with Crippen LogP contribution in [0.4, 0.5) is 0 Å². The largest absolute Gasteiger partial charge is 0.422 e. The van der Waals surface area contributed by atoms with E-state index in [1.165, 1.54) is 0 Å². The summed E-state index contributed by atoms with van der Waals surface area (Å²) < 4.78 is 5.93. The van der Waals surface area contributed by atoms with Crippen molar-refractivity contribution in [2.75, 3.05) is 0 Å². The SMILES string of the molecule is CC1(CCc2nc3cccnc3o2)C[C@@]12CC[C@H]1[C@@H]3[C@H](O)C[C@@H]4C[C@H](O)CC[C@]4(C)[C@H]3C[C@H](O)[C@@]12C. The number of aryl methyl sites for hydroxylation is 1. The molecule has 1 spiro atoms. The van der Waals surface area contributed by atoms with Gasteiger partial charge in [0.15, 0.2) is 5.89 Å². The molecule has 5 fully saturated rings. The standard InChI is InChI=1S/C30H42N2O4/c1-27(9-8-24-32-21-5-4-12-31-26(21)36-24)16-30(27)11-7-19-25-20(15-23(35)29(19,30)3)28(2)10-6-18(33)13-17(28)14-22(25)34/h4-5,12,17-20,22-23,25,33-35H,6-11,13-16H2,1-3H3/t17-,18+,19-,20-,22+,23-,25-,27?,28-,29+,30-/m0/s1. The molecule has 0 radical (unpaired) electrons. The van der Waals surface area contributed by atoms with E-state index in [9.17, 15) is 15.3 Å². The van der Waals surface area contributed by atoms with Crippen molar-refractivity contribution in [1.82, 2.24) is 9.97 Å². The van der Waals surface area contributed by atoms with Crippen molar-refractivity contribution in [1.29, 1.82) is 0 Å². The normalized spacial score (nSPS) is 51.7. The fourth-order valence-corrected chi connectivity index (χ4v) is 10.8. The fourth-order valence-electron chi connectivity index (χ4n) is 10.8. The second-order valence-corrected chi connectivity index (χ2v) is 14.1. The molecule has 2 aromatic heterocycles. The summed E-state index contributed by atoms with van der Waals surface area (Å²) in [5, 5.41) is 33.8. The van der Waals surface area contributed by atoms with E-state index in [0.717, 1.165) is 75.6 Å². The van der Waals surface area contributed by atoms with E-state index in [-0.39, 0.29) is 45.9 Å². The number of hydrogen-bond donors (Lipinski definition) is 3. The van der Waals surface area contributed by atoms with Crippen LogP contribution in [0.1, 0.15) is 84.4 Å². The predicted octanol–water partition coefficient (Wildman–Crippen LogP) is 4.90. The molecular weight excluding hydrogens is 452 g/mol. The number of rotatable bonds is 3. The van der Waals surface area contributed by atoms with Crippen LogP contribution in [0.2, 0.25) is 0 Å². The minimum atomic E-state index is -0.337. The molecule has 5 saturated carbocycles. The van der Waals surface area contributed by atoms with Gasteiger partial charge in [0.25, 0.3) is 0 Å². The van der Waals surface area contributed by atoms with Gasteiger partial charge >= 0.3 is 0 Å². The van der Waals surface area contributed by atoms with E-state index >= 15 is 0 Å². The first-order chi connectivity index (χ1) is 17.1. The lowest BCUT2D eigenvalue weighted by Crippen LogP contribution is -2.62. The summed E-state index contributed by atoms with van der Waals surface area (Å²) in [6, 6.07) is 3.83. The number of hydrogen-bond acceptors (Lipinski definition) is 6. The Morgan fingerprint density at radius 1 is 1.03 bits per heavy atom. The molecule has 196 valence electrons. The molecule has 0 aliphatic heterocycles. The Balaban J connectivity index is 1.15. The lowest BCUT2D eigenvalue weighted by atomic mass is 9.43. The lowest BCUT2D eigenvalue weighted by molar-refractivity contribution is -0.209. The average molecular weight is 495 g/mol. The summed E-state index contributed by atoms with van der Waals surface area (Å²) in [5.74, 6) is 2.10. The van der Waals surface area contributed by atoms with Gasteiger partial charge in [-0.3, -0.25) is 0 Å². The van der Waals surface area contributed by atoms with Gasteiger partial charge in [-0.1, -0.05) is 20.8 Å². The predicted molar refractivity (Wildman–Crippen MR) is 136 cm³/mol. The Morgan fingerprint density at radius 2 is 1.86 bits per heavy atom. The summed E-state index contributed by atoms with van der Waals surface area (Å²) in [4.78, 5) is 8.95. The van der Waals surface area contributed by atoms with Gasteiger partial charge in [-0.2, -0.15) is 0 Å². The molecule has 3 N–H and O–H groups in total. The molecule has 5 aliphatic carbocycles.